The Morgan fingerprint density at radius 2 is 1.96 bits per heavy atom. The lowest BCUT2D eigenvalue weighted by Crippen LogP contribution is -2.45. The van der Waals surface area contributed by atoms with Crippen LogP contribution in [-0.2, 0) is 4.74 Å². The molecule has 126 valence electrons. The van der Waals surface area contributed by atoms with Crippen LogP contribution in [0.2, 0.25) is 0 Å². The molecule has 23 heavy (non-hydrogen) atoms. The molecule has 0 unspecified atom stereocenters. The first-order valence-electron chi connectivity index (χ1n) is 8.32. The van der Waals surface area contributed by atoms with Crippen LogP contribution in [0, 0.1) is 5.92 Å². The van der Waals surface area contributed by atoms with Gasteiger partial charge in [0.05, 0.1) is 13.2 Å². The van der Waals surface area contributed by atoms with Gasteiger partial charge in [-0.1, -0.05) is 22.0 Å². The second-order valence-corrected chi connectivity index (χ2v) is 7.20. The van der Waals surface area contributed by atoms with Crippen molar-refractivity contribution in [1.29, 1.82) is 0 Å². The molecule has 1 aromatic carbocycles. The molecule has 2 aliphatic rings. The SMILES string of the molecule is O=C(Nc1cccc(Br)c1)N1CCC(CN2CCOCC2)CC1. The van der Waals surface area contributed by atoms with Crippen LogP contribution in [0.3, 0.4) is 0 Å². The molecule has 0 aromatic heterocycles. The number of morpholine rings is 1. The molecule has 1 aromatic rings. The van der Waals surface area contributed by atoms with Crippen LogP contribution in [0.5, 0.6) is 0 Å². The van der Waals surface area contributed by atoms with E-state index in [0.717, 1.165) is 68.9 Å². The van der Waals surface area contributed by atoms with Crippen molar-refractivity contribution in [2.45, 2.75) is 12.8 Å². The van der Waals surface area contributed by atoms with Gasteiger partial charge >= 0.3 is 6.03 Å². The molecule has 1 N–H and O–H groups in total. The number of amides is 2. The van der Waals surface area contributed by atoms with Gasteiger partial charge in [-0.2, -0.15) is 0 Å². The molecule has 0 aliphatic carbocycles. The number of carbonyl (C=O) groups excluding carboxylic acids is 1. The highest BCUT2D eigenvalue weighted by Crippen LogP contribution is 2.21. The molecule has 0 radical (unpaired) electrons. The van der Waals surface area contributed by atoms with Crippen LogP contribution in [0.4, 0.5) is 10.5 Å². The molecule has 2 heterocycles. The monoisotopic (exact) mass is 381 g/mol. The number of hydrogen-bond acceptors (Lipinski definition) is 3. The van der Waals surface area contributed by atoms with Crippen molar-refractivity contribution in [2.75, 3.05) is 51.3 Å². The molecule has 2 fully saturated rings. The van der Waals surface area contributed by atoms with E-state index in [1.54, 1.807) is 0 Å². The number of anilines is 1. The lowest BCUT2D eigenvalue weighted by Gasteiger charge is -2.36. The van der Waals surface area contributed by atoms with Gasteiger partial charge in [-0.3, -0.25) is 4.90 Å². The lowest BCUT2D eigenvalue weighted by molar-refractivity contribution is 0.0260. The summed E-state index contributed by atoms with van der Waals surface area (Å²) in [7, 11) is 0. The number of halogens is 1. The van der Waals surface area contributed by atoms with Gasteiger partial charge in [0.1, 0.15) is 0 Å². The Kier molecular flexibility index (Phi) is 5.91. The average Bonchev–Trinajstić information content (AvgIpc) is 2.56. The molecular weight excluding hydrogens is 358 g/mol. The summed E-state index contributed by atoms with van der Waals surface area (Å²) >= 11 is 3.42. The maximum absolute atomic E-state index is 12.3. The van der Waals surface area contributed by atoms with Crippen molar-refractivity contribution < 1.29 is 9.53 Å². The second kappa shape index (κ2) is 8.13. The minimum atomic E-state index is 0.00734. The fraction of sp³-hybridized carbons (Fsp3) is 0.588. The molecule has 5 nitrogen and oxygen atoms in total. The van der Waals surface area contributed by atoms with E-state index in [9.17, 15) is 4.79 Å². The van der Waals surface area contributed by atoms with Crippen molar-refractivity contribution >= 4 is 27.6 Å². The van der Waals surface area contributed by atoms with E-state index in [1.165, 1.54) is 0 Å². The zero-order valence-electron chi connectivity index (χ0n) is 13.3. The Morgan fingerprint density at radius 1 is 1.22 bits per heavy atom. The average molecular weight is 382 g/mol. The first-order valence-corrected chi connectivity index (χ1v) is 9.11. The Bertz CT molecular complexity index is 526. The fourth-order valence-corrected chi connectivity index (χ4v) is 3.64. The summed E-state index contributed by atoms with van der Waals surface area (Å²) < 4.78 is 6.37. The standard InChI is InChI=1S/C17H24BrN3O2/c18-15-2-1-3-16(12-15)19-17(22)21-6-4-14(5-7-21)13-20-8-10-23-11-9-20/h1-3,12,14H,4-11,13H2,(H,19,22). The fourth-order valence-electron chi connectivity index (χ4n) is 3.24. The van der Waals surface area contributed by atoms with E-state index >= 15 is 0 Å². The number of benzene rings is 1. The van der Waals surface area contributed by atoms with Gasteiger partial charge in [0.2, 0.25) is 0 Å². The van der Waals surface area contributed by atoms with E-state index in [1.807, 2.05) is 29.2 Å². The van der Waals surface area contributed by atoms with Crippen molar-refractivity contribution in [2.24, 2.45) is 5.92 Å². The predicted octanol–water partition coefficient (Wildman–Crippen LogP) is 3.03. The van der Waals surface area contributed by atoms with E-state index in [4.69, 9.17) is 4.74 Å². The Morgan fingerprint density at radius 3 is 2.65 bits per heavy atom. The van der Waals surface area contributed by atoms with Crippen molar-refractivity contribution in [3.63, 3.8) is 0 Å². The zero-order chi connectivity index (χ0) is 16.1. The number of ether oxygens (including phenoxy) is 1. The first kappa shape index (κ1) is 16.7. The maximum atomic E-state index is 12.3. The predicted molar refractivity (Wildman–Crippen MR) is 94.7 cm³/mol. The lowest BCUT2D eigenvalue weighted by atomic mass is 9.96. The van der Waals surface area contributed by atoms with Gasteiger partial charge in [-0.05, 0) is 37.0 Å². The summed E-state index contributed by atoms with van der Waals surface area (Å²) in [6.45, 7) is 6.63. The number of rotatable bonds is 3. The summed E-state index contributed by atoms with van der Waals surface area (Å²) in [4.78, 5) is 16.8. The van der Waals surface area contributed by atoms with Crippen LogP contribution in [0.15, 0.2) is 28.7 Å². The Labute approximate surface area is 146 Å². The number of carbonyl (C=O) groups is 1. The number of likely N-dealkylation sites (tertiary alicyclic amines) is 1. The van der Waals surface area contributed by atoms with Crippen molar-refractivity contribution in [3.05, 3.63) is 28.7 Å². The largest absolute Gasteiger partial charge is 0.379 e. The summed E-state index contributed by atoms with van der Waals surface area (Å²) in [5.74, 6) is 0.697. The number of hydrogen-bond donors (Lipinski definition) is 1. The van der Waals surface area contributed by atoms with Gasteiger partial charge in [0, 0.05) is 42.9 Å². The highest BCUT2D eigenvalue weighted by molar-refractivity contribution is 9.10. The molecule has 3 rings (SSSR count). The van der Waals surface area contributed by atoms with Crippen LogP contribution >= 0.6 is 15.9 Å². The minimum absolute atomic E-state index is 0.00734. The molecule has 0 spiro atoms. The number of nitrogens with one attached hydrogen (secondary N) is 1. The van der Waals surface area contributed by atoms with Crippen molar-refractivity contribution in [1.82, 2.24) is 9.80 Å². The van der Waals surface area contributed by atoms with Gasteiger partial charge in [-0.25, -0.2) is 4.79 Å². The number of urea groups is 1. The maximum Gasteiger partial charge on any atom is 0.321 e. The highest BCUT2D eigenvalue weighted by Gasteiger charge is 2.25. The molecule has 0 atom stereocenters. The van der Waals surface area contributed by atoms with Crippen LogP contribution in [-0.4, -0.2) is 61.8 Å². The van der Waals surface area contributed by atoms with E-state index in [2.05, 4.69) is 26.1 Å². The summed E-state index contributed by atoms with van der Waals surface area (Å²) in [6.07, 6.45) is 2.17. The van der Waals surface area contributed by atoms with Gasteiger partial charge in [0.15, 0.2) is 0 Å². The summed E-state index contributed by atoms with van der Waals surface area (Å²) in [5.41, 5.74) is 0.833. The van der Waals surface area contributed by atoms with Crippen molar-refractivity contribution in [3.8, 4) is 0 Å². The topological polar surface area (TPSA) is 44.8 Å². The molecule has 0 bridgehead atoms. The number of piperidine rings is 1. The molecule has 2 amide bonds. The molecular formula is C17H24BrN3O2. The number of nitrogens with zero attached hydrogens (tertiary/aromatic N) is 2. The summed E-state index contributed by atoms with van der Waals surface area (Å²) in [6, 6.07) is 7.71. The normalized spacial score (nSPS) is 20.5. The molecule has 2 aliphatic heterocycles. The third-order valence-electron chi connectivity index (χ3n) is 4.60. The molecule has 0 saturated carbocycles. The van der Waals surface area contributed by atoms with Crippen LogP contribution in [0.25, 0.3) is 0 Å². The van der Waals surface area contributed by atoms with E-state index in [-0.39, 0.29) is 6.03 Å². The van der Waals surface area contributed by atoms with Gasteiger partial charge < -0.3 is 15.0 Å². The summed E-state index contributed by atoms with van der Waals surface area (Å²) in [5, 5.41) is 2.98. The Hall–Kier alpha value is -1.11. The molecule has 2 saturated heterocycles. The minimum Gasteiger partial charge on any atom is -0.379 e. The Balaban J connectivity index is 1.43. The first-order chi connectivity index (χ1) is 11.2. The van der Waals surface area contributed by atoms with Gasteiger partial charge in [-0.15, -0.1) is 0 Å². The van der Waals surface area contributed by atoms with Crippen LogP contribution in [0.1, 0.15) is 12.8 Å². The smallest absolute Gasteiger partial charge is 0.321 e. The zero-order valence-corrected chi connectivity index (χ0v) is 14.9. The quantitative estimate of drug-likeness (QED) is 0.874. The third-order valence-corrected chi connectivity index (χ3v) is 5.09. The second-order valence-electron chi connectivity index (χ2n) is 6.28. The van der Waals surface area contributed by atoms with Crippen LogP contribution < -0.4 is 5.32 Å². The van der Waals surface area contributed by atoms with E-state index in [0.29, 0.717) is 5.92 Å². The van der Waals surface area contributed by atoms with E-state index < -0.39 is 0 Å². The highest BCUT2D eigenvalue weighted by atomic mass is 79.9. The van der Waals surface area contributed by atoms with Gasteiger partial charge in [0.25, 0.3) is 0 Å². The molecule has 6 heteroatoms. The third kappa shape index (κ3) is 4.93.